The zero-order valence-corrected chi connectivity index (χ0v) is 16.5. The van der Waals surface area contributed by atoms with E-state index in [9.17, 15) is 0 Å². The van der Waals surface area contributed by atoms with Crippen molar-refractivity contribution in [2.45, 2.75) is 63.8 Å². The average molecular weight is 380 g/mol. The SMILES string of the molecule is CC(C)n1cnnc1CN(C)C1CCOC2(CCNCC2)C1.Cl.Cl. The maximum Gasteiger partial charge on any atom is 0.147 e. The molecule has 1 atom stereocenters. The van der Waals surface area contributed by atoms with Gasteiger partial charge < -0.3 is 14.6 Å². The average Bonchev–Trinajstić information content (AvgIpc) is 2.96. The number of hydrogen-bond acceptors (Lipinski definition) is 5. The molecule has 2 aliphatic rings. The Morgan fingerprint density at radius 3 is 2.75 bits per heavy atom. The second-order valence-corrected chi connectivity index (χ2v) is 7.09. The lowest BCUT2D eigenvalue weighted by Crippen LogP contribution is -2.52. The van der Waals surface area contributed by atoms with Crippen LogP contribution >= 0.6 is 24.8 Å². The minimum Gasteiger partial charge on any atom is -0.375 e. The van der Waals surface area contributed by atoms with E-state index in [2.05, 4.69) is 45.9 Å². The molecule has 1 aromatic rings. The van der Waals surface area contributed by atoms with Crippen LogP contribution < -0.4 is 5.32 Å². The van der Waals surface area contributed by atoms with E-state index in [-0.39, 0.29) is 30.4 Å². The highest BCUT2D eigenvalue weighted by molar-refractivity contribution is 5.85. The van der Waals surface area contributed by atoms with Crippen LogP contribution in [0, 0.1) is 0 Å². The van der Waals surface area contributed by atoms with Crippen molar-refractivity contribution in [3.8, 4) is 0 Å². The number of piperidine rings is 1. The van der Waals surface area contributed by atoms with Crippen molar-refractivity contribution >= 4 is 24.8 Å². The molecule has 0 amide bonds. The number of hydrogen-bond donors (Lipinski definition) is 1. The van der Waals surface area contributed by atoms with Crippen molar-refractivity contribution in [3.63, 3.8) is 0 Å². The van der Waals surface area contributed by atoms with Crippen molar-refractivity contribution in [1.82, 2.24) is 25.0 Å². The fourth-order valence-corrected chi connectivity index (χ4v) is 3.77. The van der Waals surface area contributed by atoms with Crippen LogP contribution in [0.25, 0.3) is 0 Å². The smallest absolute Gasteiger partial charge is 0.147 e. The first kappa shape index (κ1) is 21.6. The number of halogens is 2. The first-order chi connectivity index (χ1) is 10.6. The second-order valence-electron chi connectivity index (χ2n) is 7.09. The molecule has 1 spiro atoms. The monoisotopic (exact) mass is 379 g/mol. The van der Waals surface area contributed by atoms with Gasteiger partial charge in [0.05, 0.1) is 12.1 Å². The van der Waals surface area contributed by atoms with Crippen molar-refractivity contribution in [1.29, 1.82) is 0 Å². The second kappa shape index (κ2) is 9.34. The van der Waals surface area contributed by atoms with Crippen molar-refractivity contribution < 1.29 is 4.74 Å². The Bertz CT molecular complexity index is 485. The summed E-state index contributed by atoms with van der Waals surface area (Å²) in [6.45, 7) is 8.25. The standard InChI is InChI=1S/C16H29N5O.2ClH/c1-13(2)21-12-18-19-15(21)11-20(3)14-4-9-22-16(10-14)5-7-17-8-6-16;;/h12-14,17H,4-11H2,1-3H3;2*1H. The van der Waals surface area contributed by atoms with Crippen molar-refractivity contribution in [3.05, 3.63) is 12.2 Å². The van der Waals surface area contributed by atoms with Crippen molar-refractivity contribution in [2.75, 3.05) is 26.7 Å². The zero-order chi connectivity index (χ0) is 15.6. The van der Waals surface area contributed by atoms with Gasteiger partial charge >= 0.3 is 0 Å². The van der Waals surface area contributed by atoms with Crippen LogP contribution in [0.1, 0.15) is 51.4 Å². The van der Waals surface area contributed by atoms with E-state index in [1.807, 2.05) is 6.33 Å². The molecule has 0 saturated carbocycles. The van der Waals surface area contributed by atoms with E-state index in [1.165, 1.54) is 0 Å². The Balaban J connectivity index is 0.00000144. The van der Waals surface area contributed by atoms with Crippen molar-refractivity contribution in [2.24, 2.45) is 0 Å². The van der Waals surface area contributed by atoms with Gasteiger partial charge in [0.1, 0.15) is 12.2 Å². The van der Waals surface area contributed by atoms with Crippen LogP contribution in [0.5, 0.6) is 0 Å². The van der Waals surface area contributed by atoms with Gasteiger partial charge in [-0.15, -0.1) is 35.0 Å². The number of aromatic nitrogens is 3. The zero-order valence-electron chi connectivity index (χ0n) is 14.9. The molecule has 2 fully saturated rings. The van der Waals surface area contributed by atoms with E-state index in [4.69, 9.17) is 4.74 Å². The third-order valence-corrected chi connectivity index (χ3v) is 5.20. The molecule has 0 aromatic carbocycles. The summed E-state index contributed by atoms with van der Waals surface area (Å²) in [4.78, 5) is 2.44. The lowest BCUT2D eigenvalue weighted by molar-refractivity contribution is -0.119. The van der Waals surface area contributed by atoms with E-state index >= 15 is 0 Å². The lowest BCUT2D eigenvalue weighted by atomic mass is 9.82. The molecule has 3 rings (SSSR count). The minimum atomic E-state index is 0. The van der Waals surface area contributed by atoms with Crippen LogP contribution in [0.4, 0.5) is 0 Å². The molecule has 140 valence electrons. The van der Waals surface area contributed by atoms with Crippen LogP contribution in [-0.4, -0.2) is 58.1 Å². The molecule has 0 radical (unpaired) electrons. The molecule has 1 aromatic heterocycles. The van der Waals surface area contributed by atoms with Crippen LogP contribution in [0.15, 0.2) is 6.33 Å². The van der Waals surface area contributed by atoms with Crippen LogP contribution in [-0.2, 0) is 11.3 Å². The lowest BCUT2D eigenvalue weighted by Gasteiger charge is -2.46. The van der Waals surface area contributed by atoms with Gasteiger partial charge in [-0.05, 0) is 59.7 Å². The molecule has 0 aliphatic carbocycles. The maximum atomic E-state index is 6.18. The van der Waals surface area contributed by atoms with E-state index in [0.29, 0.717) is 12.1 Å². The molecule has 24 heavy (non-hydrogen) atoms. The summed E-state index contributed by atoms with van der Waals surface area (Å²) in [6.07, 6.45) is 6.37. The summed E-state index contributed by atoms with van der Waals surface area (Å²) in [7, 11) is 2.21. The van der Waals surface area contributed by atoms with Gasteiger partial charge in [-0.1, -0.05) is 0 Å². The fourth-order valence-electron chi connectivity index (χ4n) is 3.77. The Morgan fingerprint density at radius 1 is 1.38 bits per heavy atom. The van der Waals surface area contributed by atoms with Crippen LogP contribution in [0.3, 0.4) is 0 Å². The van der Waals surface area contributed by atoms with E-state index in [1.54, 1.807) is 0 Å². The van der Waals surface area contributed by atoms with Gasteiger partial charge in [0.15, 0.2) is 0 Å². The third kappa shape index (κ3) is 4.82. The molecule has 1 unspecified atom stereocenters. The highest BCUT2D eigenvalue weighted by Crippen LogP contribution is 2.35. The van der Waals surface area contributed by atoms with Gasteiger partial charge in [-0.3, -0.25) is 4.90 Å². The Hall–Kier alpha value is -0.400. The van der Waals surface area contributed by atoms with E-state index in [0.717, 1.165) is 57.7 Å². The molecule has 6 nitrogen and oxygen atoms in total. The topological polar surface area (TPSA) is 55.2 Å². The minimum absolute atomic E-state index is 0. The summed E-state index contributed by atoms with van der Waals surface area (Å²) in [5.74, 6) is 1.06. The highest BCUT2D eigenvalue weighted by Gasteiger charge is 2.39. The van der Waals surface area contributed by atoms with Gasteiger partial charge in [0.25, 0.3) is 0 Å². The first-order valence-corrected chi connectivity index (χ1v) is 8.53. The molecule has 8 heteroatoms. The Kier molecular flexibility index (Phi) is 8.42. The summed E-state index contributed by atoms with van der Waals surface area (Å²) >= 11 is 0. The summed E-state index contributed by atoms with van der Waals surface area (Å²) < 4.78 is 8.35. The molecule has 2 aliphatic heterocycles. The van der Waals surface area contributed by atoms with Gasteiger partial charge in [-0.2, -0.15) is 0 Å². The van der Waals surface area contributed by atoms with Crippen LogP contribution in [0.2, 0.25) is 0 Å². The highest BCUT2D eigenvalue weighted by atomic mass is 35.5. The summed E-state index contributed by atoms with van der Waals surface area (Å²) in [6, 6.07) is 0.980. The maximum absolute atomic E-state index is 6.18. The molecule has 3 heterocycles. The predicted octanol–water partition coefficient (Wildman–Crippen LogP) is 2.44. The van der Waals surface area contributed by atoms with Gasteiger partial charge in [0.2, 0.25) is 0 Å². The Morgan fingerprint density at radius 2 is 2.08 bits per heavy atom. The largest absolute Gasteiger partial charge is 0.375 e. The predicted molar refractivity (Wildman–Crippen MR) is 100 cm³/mol. The summed E-state index contributed by atoms with van der Waals surface area (Å²) in [5.41, 5.74) is 0.105. The fraction of sp³-hybridized carbons (Fsp3) is 0.875. The molecule has 0 bridgehead atoms. The number of nitrogens with one attached hydrogen (secondary N) is 1. The Labute approximate surface area is 157 Å². The first-order valence-electron chi connectivity index (χ1n) is 8.53. The number of ether oxygens (including phenoxy) is 1. The molecule has 2 saturated heterocycles. The van der Waals surface area contributed by atoms with E-state index < -0.39 is 0 Å². The normalized spacial score (nSPS) is 23.1. The number of rotatable bonds is 4. The summed E-state index contributed by atoms with van der Waals surface area (Å²) in [5, 5.41) is 11.8. The third-order valence-electron chi connectivity index (χ3n) is 5.20. The number of nitrogens with zero attached hydrogens (tertiary/aromatic N) is 4. The van der Waals surface area contributed by atoms with Gasteiger partial charge in [0, 0.05) is 18.7 Å². The molecular weight excluding hydrogens is 349 g/mol. The van der Waals surface area contributed by atoms with Gasteiger partial charge in [-0.25, -0.2) is 0 Å². The molecular formula is C16H31Cl2N5O. The quantitative estimate of drug-likeness (QED) is 0.870. The molecule has 1 N–H and O–H groups in total.